The van der Waals surface area contributed by atoms with Gasteiger partial charge in [0.1, 0.15) is 5.82 Å². The molecular weight excluding hydrogens is 335 g/mol. The van der Waals surface area contributed by atoms with Gasteiger partial charge in [-0.25, -0.2) is 14.8 Å². The minimum atomic E-state index is -0.570. The van der Waals surface area contributed by atoms with Crippen LogP contribution in [-0.2, 0) is 0 Å². The highest BCUT2D eigenvalue weighted by Gasteiger charge is 2.20. The number of nitrogens with two attached hydrogens (primary N) is 1. The summed E-state index contributed by atoms with van der Waals surface area (Å²) in [5.41, 5.74) is 5.11. The Morgan fingerprint density at radius 2 is 1.86 bits per heavy atom. The summed E-state index contributed by atoms with van der Waals surface area (Å²) in [6.45, 7) is 0. The SMILES string of the molecule is NNC(c1cnc2ccccc2n1)c1cccc(Br)c1F. The van der Waals surface area contributed by atoms with Gasteiger partial charge < -0.3 is 0 Å². The first-order valence-electron chi connectivity index (χ1n) is 6.32. The zero-order chi connectivity index (χ0) is 14.8. The van der Waals surface area contributed by atoms with Crippen LogP contribution in [0, 0.1) is 5.82 Å². The first-order valence-corrected chi connectivity index (χ1v) is 7.11. The first-order chi connectivity index (χ1) is 10.2. The van der Waals surface area contributed by atoms with Gasteiger partial charge in [-0.3, -0.25) is 10.8 Å². The maximum atomic E-state index is 14.2. The maximum absolute atomic E-state index is 14.2. The summed E-state index contributed by atoms with van der Waals surface area (Å²) in [7, 11) is 0. The summed E-state index contributed by atoms with van der Waals surface area (Å²) < 4.78 is 14.6. The van der Waals surface area contributed by atoms with Gasteiger partial charge in [-0.05, 0) is 34.1 Å². The molecule has 3 rings (SSSR count). The lowest BCUT2D eigenvalue weighted by atomic mass is 10.0. The summed E-state index contributed by atoms with van der Waals surface area (Å²) in [6.07, 6.45) is 1.60. The van der Waals surface area contributed by atoms with Crippen molar-refractivity contribution in [2.75, 3.05) is 0 Å². The van der Waals surface area contributed by atoms with Crippen LogP contribution >= 0.6 is 15.9 Å². The van der Waals surface area contributed by atoms with Gasteiger partial charge in [-0.2, -0.15) is 0 Å². The molecule has 0 saturated carbocycles. The van der Waals surface area contributed by atoms with Crippen molar-refractivity contribution in [1.29, 1.82) is 0 Å². The lowest BCUT2D eigenvalue weighted by molar-refractivity contribution is 0.549. The second-order valence-electron chi connectivity index (χ2n) is 4.53. The van der Waals surface area contributed by atoms with Crippen molar-refractivity contribution < 1.29 is 4.39 Å². The van der Waals surface area contributed by atoms with Gasteiger partial charge in [-0.1, -0.05) is 24.3 Å². The molecule has 1 unspecified atom stereocenters. The third-order valence-corrected chi connectivity index (χ3v) is 3.83. The largest absolute Gasteiger partial charge is 0.271 e. The Morgan fingerprint density at radius 3 is 2.62 bits per heavy atom. The number of para-hydroxylation sites is 2. The molecule has 0 fully saturated rings. The Labute approximate surface area is 129 Å². The maximum Gasteiger partial charge on any atom is 0.142 e. The van der Waals surface area contributed by atoms with Gasteiger partial charge in [0.25, 0.3) is 0 Å². The molecule has 6 heteroatoms. The molecule has 21 heavy (non-hydrogen) atoms. The number of rotatable bonds is 3. The molecule has 4 nitrogen and oxygen atoms in total. The zero-order valence-corrected chi connectivity index (χ0v) is 12.5. The molecule has 2 aromatic carbocycles. The van der Waals surface area contributed by atoms with Crippen LogP contribution in [0.25, 0.3) is 11.0 Å². The first kappa shape index (κ1) is 14.1. The highest BCUT2D eigenvalue weighted by molar-refractivity contribution is 9.10. The number of nitrogens with one attached hydrogen (secondary N) is 1. The summed E-state index contributed by atoms with van der Waals surface area (Å²) >= 11 is 3.18. The second kappa shape index (κ2) is 5.85. The van der Waals surface area contributed by atoms with Crippen molar-refractivity contribution in [2.45, 2.75) is 6.04 Å². The van der Waals surface area contributed by atoms with Gasteiger partial charge in [0, 0.05) is 5.56 Å². The normalized spacial score (nSPS) is 12.5. The number of benzene rings is 2. The summed E-state index contributed by atoms with van der Waals surface area (Å²) in [6, 6.07) is 12.0. The van der Waals surface area contributed by atoms with E-state index in [1.54, 1.807) is 24.4 Å². The molecule has 0 saturated heterocycles. The summed E-state index contributed by atoms with van der Waals surface area (Å²) in [5, 5.41) is 0. The fraction of sp³-hybridized carbons (Fsp3) is 0.0667. The van der Waals surface area contributed by atoms with Crippen LogP contribution in [-0.4, -0.2) is 9.97 Å². The predicted molar refractivity (Wildman–Crippen MR) is 82.8 cm³/mol. The topological polar surface area (TPSA) is 63.8 Å². The Kier molecular flexibility index (Phi) is 3.92. The van der Waals surface area contributed by atoms with Crippen LogP contribution in [0.1, 0.15) is 17.3 Å². The fourth-order valence-corrected chi connectivity index (χ4v) is 2.57. The average molecular weight is 347 g/mol. The number of aromatic nitrogens is 2. The summed E-state index contributed by atoms with van der Waals surface area (Å²) in [4.78, 5) is 8.84. The van der Waals surface area contributed by atoms with Crippen LogP contribution < -0.4 is 11.3 Å². The highest BCUT2D eigenvalue weighted by atomic mass is 79.9. The van der Waals surface area contributed by atoms with Crippen LogP contribution in [0.4, 0.5) is 4.39 Å². The lowest BCUT2D eigenvalue weighted by Crippen LogP contribution is -2.30. The van der Waals surface area contributed by atoms with Crippen molar-refractivity contribution in [2.24, 2.45) is 5.84 Å². The number of nitrogens with zero attached hydrogens (tertiary/aromatic N) is 2. The lowest BCUT2D eigenvalue weighted by Gasteiger charge is -2.17. The Balaban J connectivity index is 2.11. The zero-order valence-electron chi connectivity index (χ0n) is 10.9. The van der Waals surface area contributed by atoms with Crippen LogP contribution in [0.15, 0.2) is 53.1 Å². The van der Waals surface area contributed by atoms with Crippen molar-refractivity contribution in [1.82, 2.24) is 15.4 Å². The molecule has 0 aliphatic rings. The third-order valence-electron chi connectivity index (χ3n) is 3.22. The van der Waals surface area contributed by atoms with Crippen LogP contribution in [0.2, 0.25) is 0 Å². The van der Waals surface area contributed by atoms with E-state index < -0.39 is 6.04 Å². The average Bonchev–Trinajstić information content (AvgIpc) is 2.52. The smallest absolute Gasteiger partial charge is 0.142 e. The van der Waals surface area contributed by atoms with E-state index in [0.717, 1.165) is 11.0 Å². The molecule has 0 amide bonds. The van der Waals surface area contributed by atoms with Crippen LogP contribution in [0.5, 0.6) is 0 Å². The molecule has 0 aliphatic heterocycles. The van der Waals surface area contributed by atoms with Gasteiger partial charge >= 0.3 is 0 Å². The number of hydrogen-bond donors (Lipinski definition) is 2. The molecular formula is C15H12BrFN4. The number of halogens is 2. The third kappa shape index (κ3) is 2.65. The van der Waals surface area contributed by atoms with E-state index in [4.69, 9.17) is 5.84 Å². The van der Waals surface area contributed by atoms with Crippen molar-refractivity contribution >= 4 is 27.0 Å². The van der Waals surface area contributed by atoms with E-state index in [9.17, 15) is 4.39 Å². The van der Waals surface area contributed by atoms with E-state index >= 15 is 0 Å². The van der Waals surface area contributed by atoms with E-state index in [-0.39, 0.29) is 5.82 Å². The molecule has 106 valence electrons. The van der Waals surface area contributed by atoms with Crippen molar-refractivity contribution in [3.8, 4) is 0 Å². The standard InChI is InChI=1S/C15H12BrFN4/c16-10-5-3-4-9(14(10)17)15(21-18)13-8-19-11-6-1-2-7-12(11)20-13/h1-8,15,21H,18H2. The van der Waals surface area contributed by atoms with E-state index in [1.807, 2.05) is 24.3 Å². The molecule has 0 aliphatic carbocycles. The molecule has 0 radical (unpaired) electrons. The molecule has 1 atom stereocenters. The molecule has 3 N–H and O–H groups in total. The van der Waals surface area contributed by atoms with E-state index in [1.165, 1.54) is 0 Å². The number of hydrazine groups is 1. The molecule has 0 spiro atoms. The minimum Gasteiger partial charge on any atom is -0.271 e. The molecule has 1 aromatic heterocycles. The Morgan fingerprint density at radius 1 is 1.10 bits per heavy atom. The molecule has 1 heterocycles. The molecule has 0 bridgehead atoms. The van der Waals surface area contributed by atoms with Crippen molar-refractivity contribution in [3.63, 3.8) is 0 Å². The minimum absolute atomic E-state index is 0.365. The monoisotopic (exact) mass is 346 g/mol. The second-order valence-corrected chi connectivity index (χ2v) is 5.38. The Hall–Kier alpha value is -1.89. The fourth-order valence-electron chi connectivity index (χ4n) is 2.19. The van der Waals surface area contributed by atoms with Gasteiger partial charge in [0.05, 0.1) is 33.4 Å². The number of hydrogen-bond acceptors (Lipinski definition) is 4. The number of fused-ring (bicyclic) bond motifs is 1. The van der Waals surface area contributed by atoms with Gasteiger partial charge in [0.2, 0.25) is 0 Å². The van der Waals surface area contributed by atoms with Gasteiger partial charge in [-0.15, -0.1) is 0 Å². The predicted octanol–water partition coefficient (Wildman–Crippen LogP) is 3.08. The summed E-state index contributed by atoms with van der Waals surface area (Å²) in [5.74, 6) is 5.23. The van der Waals surface area contributed by atoms with E-state index in [2.05, 4.69) is 31.3 Å². The quantitative estimate of drug-likeness (QED) is 0.565. The molecule has 3 aromatic rings. The Bertz CT molecular complexity index is 793. The van der Waals surface area contributed by atoms with E-state index in [0.29, 0.717) is 15.7 Å². The van der Waals surface area contributed by atoms with Crippen molar-refractivity contribution in [3.05, 3.63) is 70.2 Å². The van der Waals surface area contributed by atoms with Crippen LogP contribution in [0.3, 0.4) is 0 Å². The highest BCUT2D eigenvalue weighted by Crippen LogP contribution is 2.27. The van der Waals surface area contributed by atoms with Gasteiger partial charge in [0.15, 0.2) is 0 Å².